The number of nitrogens with zero attached hydrogens (tertiary/aromatic N) is 9. The quantitative estimate of drug-likeness (QED) is 0.145. The molecule has 0 atom stereocenters. The van der Waals surface area contributed by atoms with Crippen LogP contribution in [-0.4, -0.2) is 58.4 Å². The molecule has 0 saturated heterocycles. The van der Waals surface area contributed by atoms with Gasteiger partial charge >= 0.3 is 0 Å². The molecular formula is C74H49Cl7N10O. The number of hydrogen-bond acceptors (Lipinski definition) is 7. The van der Waals surface area contributed by atoms with Crippen LogP contribution in [0.3, 0.4) is 0 Å². The van der Waals surface area contributed by atoms with Crippen LogP contribution in [0.25, 0.3) is 117 Å². The molecule has 92 heavy (non-hydrogen) atoms. The van der Waals surface area contributed by atoms with E-state index in [1.165, 1.54) is 0 Å². The normalized spacial score (nSPS) is 11.1. The summed E-state index contributed by atoms with van der Waals surface area (Å²) in [5.74, 6) is 0. The van der Waals surface area contributed by atoms with Gasteiger partial charge < -0.3 is 9.88 Å². The number of rotatable bonds is 10. The molecule has 11 nitrogen and oxygen atoms in total. The van der Waals surface area contributed by atoms with E-state index in [0.717, 1.165) is 95.1 Å². The molecule has 1 N–H and O–H groups in total. The average Bonchev–Trinajstić information content (AvgIpc) is 1.52. The fourth-order valence-corrected chi connectivity index (χ4v) is 12.1. The van der Waals surface area contributed by atoms with Crippen molar-refractivity contribution in [2.45, 2.75) is 0 Å². The minimum Gasteiger partial charge on any atom is -0.376 e. The Labute approximate surface area is 563 Å². The fourth-order valence-electron chi connectivity index (χ4n) is 11.0. The largest absolute Gasteiger partial charge is 0.376 e. The molecule has 15 rings (SSSR count). The third kappa shape index (κ3) is 12.5. The molecule has 0 saturated carbocycles. The van der Waals surface area contributed by atoms with Crippen LogP contribution in [0.4, 0.5) is 5.69 Å². The summed E-state index contributed by atoms with van der Waals surface area (Å²) in [6.07, 6.45) is 5.24. The highest BCUT2D eigenvalue weighted by Gasteiger charge is 2.25. The summed E-state index contributed by atoms with van der Waals surface area (Å²) in [4.78, 5) is 29.3. The Hall–Kier alpha value is -9.53. The first-order valence-electron chi connectivity index (χ1n) is 28.8. The minimum atomic E-state index is -0.0989. The Morgan fingerprint density at radius 1 is 0.348 bits per heavy atom. The minimum absolute atomic E-state index is 0.0989. The monoisotopic (exact) mass is 1340 g/mol. The van der Waals surface area contributed by atoms with E-state index in [4.69, 9.17) is 96.3 Å². The molecule has 6 aromatic heterocycles. The van der Waals surface area contributed by atoms with E-state index in [1.807, 2.05) is 237 Å². The Balaban J connectivity index is 0.000000126. The van der Waals surface area contributed by atoms with Crippen molar-refractivity contribution in [3.63, 3.8) is 0 Å². The second-order valence-electron chi connectivity index (χ2n) is 21.4. The second-order valence-corrected chi connectivity index (χ2v) is 24.4. The smallest absolute Gasteiger partial charge is 0.201 e. The summed E-state index contributed by atoms with van der Waals surface area (Å²) in [7, 11) is 4.08. The van der Waals surface area contributed by atoms with E-state index in [9.17, 15) is 4.79 Å². The van der Waals surface area contributed by atoms with Crippen LogP contribution >= 0.6 is 81.2 Å². The van der Waals surface area contributed by atoms with Crippen LogP contribution in [0.5, 0.6) is 0 Å². The molecule has 0 radical (unpaired) electrons. The number of hydrogen-bond donors (Lipinski definition) is 1. The number of H-pyrrole nitrogens is 1. The molecule has 0 aliphatic rings. The maximum Gasteiger partial charge on any atom is 0.201 e. The highest BCUT2D eigenvalue weighted by atomic mass is 35.5. The number of nitrogens with one attached hydrogen (secondary N) is 1. The topological polar surface area (TPSA) is 115 Å². The van der Waals surface area contributed by atoms with Gasteiger partial charge in [0, 0.05) is 66.5 Å². The lowest BCUT2D eigenvalue weighted by Gasteiger charge is -2.22. The molecule has 450 valence electrons. The highest BCUT2D eigenvalue weighted by Crippen LogP contribution is 2.45. The molecule has 0 unspecified atom stereocenters. The van der Waals surface area contributed by atoms with Gasteiger partial charge in [0.15, 0.2) is 11.3 Å². The number of aromatic amines is 1. The van der Waals surface area contributed by atoms with Crippen molar-refractivity contribution >= 4 is 120 Å². The van der Waals surface area contributed by atoms with Crippen molar-refractivity contribution in [2.24, 2.45) is 0 Å². The van der Waals surface area contributed by atoms with Gasteiger partial charge in [-0.05, 0) is 131 Å². The Morgan fingerprint density at radius 2 is 0.674 bits per heavy atom. The van der Waals surface area contributed by atoms with Crippen molar-refractivity contribution in [1.82, 2.24) is 44.3 Å². The van der Waals surface area contributed by atoms with Crippen LogP contribution in [-0.2, 0) is 0 Å². The molecule has 9 aromatic carbocycles. The van der Waals surface area contributed by atoms with E-state index < -0.39 is 0 Å². The predicted octanol–water partition coefficient (Wildman–Crippen LogP) is 21.2. The van der Waals surface area contributed by atoms with Crippen LogP contribution in [0, 0.1) is 0 Å². The van der Waals surface area contributed by atoms with Crippen LogP contribution in [0.15, 0.2) is 260 Å². The summed E-state index contributed by atoms with van der Waals surface area (Å²) in [6.45, 7) is 0. The first-order chi connectivity index (χ1) is 44.8. The molecule has 0 spiro atoms. The van der Waals surface area contributed by atoms with Crippen LogP contribution < -0.4 is 10.3 Å². The lowest BCUT2D eigenvalue weighted by molar-refractivity contribution is 0.897. The Bertz CT molecular complexity index is 5180. The molecule has 0 amide bonds. The molecule has 18 heteroatoms. The summed E-state index contributed by atoms with van der Waals surface area (Å²) in [5, 5.41) is 20.5. The first-order valence-corrected chi connectivity index (χ1v) is 31.4. The standard InChI is InChI=1S/C26H20Cl2N4.C24H14Cl3N3.C24H15Cl2N3O/c1-31(2)25-22-16-29-32(21-6-4-3-5-7-21)26(22)30-24(18-10-14-20(28)15-11-18)23(25)17-8-12-19(27)13-9-17;25-17-10-6-15(7-11-17)21-22(27)20-14-28-30(19-4-2-1-3-5-19)24(20)29-23(21)16-8-12-18(26)13-9-16;25-17-10-6-15(7-11-17)21-22(16-8-12-18(26)13-9-16)28-24-20(23(21)30)14-27-29(24)19-4-2-1-3-5-19/h3-16H,1-2H3;1-14H;1-14H,(H,28,30). The SMILES string of the molecule is CN(C)c1c(-c2ccc(Cl)cc2)c(-c2ccc(Cl)cc2)nc2c1cnn2-c1ccccc1.Clc1ccc(-c2nc3c(cnn3-c3ccccc3)c(Cl)c2-c2ccc(Cl)cc2)cc1.O=c1c(-c2ccc(Cl)cc2)c(-c2ccc(Cl)cc2)[nH]c2c1cnn2-c1ccccc1. The van der Waals surface area contributed by atoms with Gasteiger partial charge in [-0.3, -0.25) is 4.79 Å². The molecule has 0 aliphatic heterocycles. The Morgan fingerprint density at radius 3 is 1.10 bits per heavy atom. The molecule has 15 aromatic rings. The molecular weight excluding hydrogens is 1290 g/mol. The second kappa shape index (κ2) is 26.7. The van der Waals surface area contributed by atoms with Crippen molar-refractivity contribution in [3.8, 4) is 84.2 Å². The maximum atomic E-state index is 13.6. The molecule has 0 bridgehead atoms. The van der Waals surface area contributed by atoms with Crippen LogP contribution in [0.2, 0.25) is 35.2 Å². The van der Waals surface area contributed by atoms with Crippen molar-refractivity contribution < 1.29 is 0 Å². The number of aromatic nitrogens is 9. The Kier molecular flexibility index (Phi) is 17.8. The summed E-state index contributed by atoms with van der Waals surface area (Å²) >= 11 is 43.7. The lowest BCUT2D eigenvalue weighted by Crippen LogP contribution is -2.12. The lowest BCUT2D eigenvalue weighted by atomic mass is 9.96. The van der Waals surface area contributed by atoms with Gasteiger partial charge in [0.2, 0.25) is 5.43 Å². The zero-order valence-electron chi connectivity index (χ0n) is 48.8. The van der Waals surface area contributed by atoms with E-state index in [1.54, 1.807) is 46.0 Å². The van der Waals surface area contributed by atoms with Gasteiger partial charge in [0.05, 0.1) is 85.2 Å². The van der Waals surface area contributed by atoms with Crippen molar-refractivity contribution in [2.75, 3.05) is 19.0 Å². The van der Waals surface area contributed by atoms with Crippen molar-refractivity contribution in [1.29, 1.82) is 0 Å². The van der Waals surface area contributed by atoms with Gasteiger partial charge in [-0.15, -0.1) is 0 Å². The number of pyridine rings is 3. The number of benzene rings is 9. The summed E-state index contributed by atoms with van der Waals surface area (Å²) in [6, 6.07) is 75.0. The molecule has 6 heterocycles. The van der Waals surface area contributed by atoms with E-state index >= 15 is 0 Å². The third-order valence-corrected chi connectivity index (χ3v) is 17.2. The van der Waals surface area contributed by atoms with Gasteiger partial charge in [-0.1, -0.05) is 209 Å². The first kappa shape index (κ1) is 61.3. The number of para-hydroxylation sites is 3. The summed E-state index contributed by atoms with van der Waals surface area (Å²) < 4.78 is 5.42. The van der Waals surface area contributed by atoms with Gasteiger partial charge in [-0.25, -0.2) is 24.0 Å². The molecule has 0 aliphatic carbocycles. The zero-order valence-corrected chi connectivity index (χ0v) is 54.1. The van der Waals surface area contributed by atoms with Crippen molar-refractivity contribution in [3.05, 3.63) is 301 Å². The molecule has 0 fully saturated rings. The fraction of sp³-hybridized carbons (Fsp3) is 0.0270. The van der Waals surface area contributed by atoms with E-state index in [-0.39, 0.29) is 5.43 Å². The van der Waals surface area contributed by atoms with E-state index in [0.29, 0.717) is 63.1 Å². The van der Waals surface area contributed by atoms with Crippen LogP contribution in [0.1, 0.15) is 0 Å². The van der Waals surface area contributed by atoms with Gasteiger partial charge in [0.25, 0.3) is 0 Å². The van der Waals surface area contributed by atoms with Gasteiger partial charge in [0.1, 0.15) is 5.65 Å². The average molecular weight is 1340 g/mol. The predicted molar refractivity (Wildman–Crippen MR) is 381 cm³/mol. The number of anilines is 1. The highest BCUT2D eigenvalue weighted by molar-refractivity contribution is 6.39. The van der Waals surface area contributed by atoms with Gasteiger partial charge in [-0.2, -0.15) is 15.3 Å². The number of fused-ring (bicyclic) bond motifs is 3. The maximum absolute atomic E-state index is 13.6. The third-order valence-electron chi connectivity index (χ3n) is 15.3. The number of halogens is 7. The zero-order chi connectivity index (χ0) is 63.6. The van der Waals surface area contributed by atoms with E-state index in [2.05, 4.69) is 20.1 Å². The summed E-state index contributed by atoms with van der Waals surface area (Å²) in [5.41, 5.74) is 16.0.